The highest BCUT2D eigenvalue weighted by Crippen LogP contribution is 2.56. The molecule has 0 radical (unpaired) electrons. The number of carbonyl (C=O) groups excluding carboxylic acids is 1. The van der Waals surface area contributed by atoms with Gasteiger partial charge < -0.3 is 4.90 Å². The first-order valence-electron chi connectivity index (χ1n) is 8.60. The second kappa shape index (κ2) is 5.67. The van der Waals surface area contributed by atoms with E-state index < -0.39 is 0 Å². The maximum absolute atomic E-state index is 13.1. The van der Waals surface area contributed by atoms with Gasteiger partial charge in [0.25, 0.3) is 0 Å². The van der Waals surface area contributed by atoms with Gasteiger partial charge in [-0.3, -0.25) is 4.79 Å². The Morgan fingerprint density at radius 2 is 1.68 bits per heavy atom. The zero-order valence-corrected chi connectivity index (χ0v) is 14.8. The number of hydrogen-bond acceptors (Lipinski definition) is 1. The highest BCUT2D eigenvalue weighted by molar-refractivity contribution is 9.10. The number of rotatable bonds is 3. The van der Waals surface area contributed by atoms with Gasteiger partial charge in [0, 0.05) is 24.0 Å². The quantitative estimate of drug-likeness (QED) is 0.776. The topological polar surface area (TPSA) is 20.3 Å². The third-order valence-corrected chi connectivity index (χ3v) is 7.03. The molecule has 0 aliphatic heterocycles. The molecule has 1 aromatic carbocycles. The Balaban J connectivity index is 1.48. The van der Waals surface area contributed by atoms with Crippen molar-refractivity contribution in [3.05, 3.63) is 34.3 Å². The van der Waals surface area contributed by atoms with Crippen molar-refractivity contribution in [2.75, 3.05) is 7.05 Å². The molecule has 5 rings (SSSR count). The van der Waals surface area contributed by atoms with Crippen molar-refractivity contribution < 1.29 is 4.79 Å². The predicted molar refractivity (Wildman–Crippen MR) is 91.2 cm³/mol. The van der Waals surface area contributed by atoms with Gasteiger partial charge >= 0.3 is 0 Å². The molecule has 0 N–H and O–H groups in total. The minimum Gasteiger partial charge on any atom is -0.341 e. The third kappa shape index (κ3) is 2.51. The summed E-state index contributed by atoms with van der Waals surface area (Å²) >= 11 is 3.59. The number of halogens is 1. The van der Waals surface area contributed by atoms with E-state index in [0.717, 1.165) is 16.3 Å². The second-order valence-corrected chi connectivity index (χ2v) is 8.60. The van der Waals surface area contributed by atoms with Crippen LogP contribution in [0.3, 0.4) is 0 Å². The fourth-order valence-electron chi connectivity index (χ4n) is 5.54. The summed E-state index contributed by atoms with van der Waals surface area (Å²) in [7, 11) is 1.98. The van der Waals surface area contributed by atoms with Crippen LogP contribution in [-0.2, 0) is 11.3 Å². The maximum Gasteiger partial charge on any atom is 0.226 e. The van der Waals surface area contributed by atoms with Gasteiger partial charge in [-0.15, -0.1) is 0 Å². The molecule has 22 heavy (non-hydrogen) atoms. The van der Waals surface area contributed by atoms with E-state index in [1.165, 1.54) is 37.7 Å². The van der Waals surface area contributed by atoms with Crippen LogP contribution in [0.15, 0.2) is 28.7 Å². The van der Waals surface area contributed by atoms with E-state index in [1.54, 1.807) is 0 Å². The molecule has 0 heterocycles. The molecule has 4 bridgehead atoms. The first-order chi connectivity index (χ1) is 10.6. The molecule has 0 aromatic heterocycles. The van der Waals surface area contributed by atoms with Crippen LogP contribution >= 0.6 is 15.9 Å². The molecule has 0 spiro atoms. The standard InChI is InChI=1S/C19H24BrNO/c1-21(11-14-4-2-3-5-17(14)20)19(22)18-15-7-12-6-13(9-15)10-16(18)8-12/h2-5,12-13,15-16,18H,6-11H2,1H3. The van der Waals surface area contributed by atoms with Crippen LogP contribution in [0.4, 0.5) is 0 Å². The van der Waals surface area contributed by atoms with Gasteiger partial charge in [0.15, 0.2) is 0 Å². The van der Waals surface area contributed by atoms with Gasteiger partial charge in [0.05, 0.1) is 0 Å². The molecule has 118 valence electrons. The molecule has 1 amide bonds. The van der Waals surface area contributed by atoms with E-state index in [9.17, 15) is 4.79 Å². The van der Waals surface area contributed by atoms with Crippen molar-refractivity contribution >= 4 is 21.8 Å². The zero-order chi connectivity index (χ0) is 15.3. The molecular formula is C19H24BrNO. The third-order valence-electron chi connectivity index (χ3n) is 6.25. The summed E-state index contributed by atoms with van der Waals surface area (Å²) in [6.07, 6.45) is 6.69. The lowest BCUT2D eigenvalue weighted by Crippen LogP contribution is -2.51. The molecule has 0 atom stereocenters. The average molecular weight is 362 g/mol. The number of carbonyl (C=O) groups is 1. The fourth-order valence-corrected chi connectivity index (χ4v) is 5.95. The monoisotopic (exact) mass is 361 g/mol. The predicted octanol–water partition coefficient (Wildman–Crippen LogP) is 4.48. The number of benzene rings is 1. The number of nitrogens with zero attached hydrogens (tertiary/aromatic N) is 1. The second-order valence-electron chi connectivity index (χ2n) is 7.74. The SMILES string of the molecule is CN(Cc1ccccc1Br)C(=O)C1C2CC3CC(C2)CC1C3. The van der Waals surface area contributed by atoms with Gasteiger partial charge in [0.1, 0.15) is 0 Å². The molecule has 4 aliphatic carbocycles. The van der Waals surface area contributed by atoms with Gasteiger partial charge in [-0.25, -0.2) is 0 Å². The molecule has 1 aromatic rings. The molecule has 0 saturated heterocycles. The summed E-state index contributed by atoms with van der Waals surface area (Å²) in [6.45, 7) is 0.711. The molecule has 0 unspecified atom stereocenters. The van der Waals surface area contributed by atoms with E-state index >= 15 is 0 Å². The lowest BCUT2D eigenvalue weighted by atomic mass is 9.51. The lowest BCUT2D eigenvalue weighted by molar-refractivity contribution is -0.148. The van der Waals surface area contributed by atoms with Crippen LogP contribution in [0, 0.1) is 29.6 Å². The molecule has 4 fully saturated rings. The summed E-state index contributed by atoms with van der Waals surface area (Å²) in [5.74, 6) is 3.90. The largest absolute Gasteiger partial charge is 0.341 e. The van der Waals surface area contributed by atoms with Gasteiger partial charge in [-0.1, -0.05) is 34.1 Å². The van der Waals surface area contributed by atoms with Gasteiger partial charge in [-0.05, 0) is 67.4 Å². The Kier molecular flexibility index (Phi) is 3.80. The van der Waals surface area contributed by atoms with Crippen LogP contribution in [0.25, 0.3) is 0 Å². The molecule has 2 nitrogen and oxygen atoms in total. The number of amides is 1. The minimum atomic E-state index is 0.306. The van der Waals surface area contributed by atoms with Crippen molar-refractivity contribution in [3.8, 4) is 0 Å². The first kappa shape index (κ1) is 14.7. The summed E-state index contributed by atoms with van der Waals surface area (Å²) < 4.78 is 1.10. The van der Waals surface area contributed by atoms with E-state index in [0.29, 0.717) is 30.2 Å². The van der Waals surface area contributed by atoms with Crippen molar-refractivity contribution in [1.82, 2.24) is 4.90 Å². The Morgan fingerprint density at radius 3 is 2.27 bits per heavy atom. The summed E-state index contributed by atoms with van der Waals surface area (Å²) in [6, 6.07) is 8.22. The van der Waals surface area contributed by atoms with Crippen molar-refractivity contribution in [1.29, 1.82) is 0 Å². The van der Waals surface area contributed by atoms with Crippen molar-refractivity contribution in [2.45, 2.75) is 38.6 Å². The van der Waals surface area contributed by atoms with E-state index in [2.05, 4.69) is 28.1 Å². The lowest BCUT2D eigenvalue weighted by Gasteiger charge is -2.54. The van der Waals surface area contributed by atoms with Gasteiger partial charge in [0.2, 0.25) is 5.91 Å². The van der Waals surface area contributed by atoms with E-state index in [1.807, 2.05) is 24.1 Å². The van der Waals surface area contributed by atoms with Crippen LogP contribution in [0.5, 0.6) is 0 Å². The van der Waals surface area contributed by atoms with Crippen LogP contribution < -0.4 is 0 Å². The van der Waals surface area contributed by atoms with Crippen LogP contribution in [0.2, 0.25) is 0 Å². The fraction of sp³-hybridized carbons (Fsp3) is 0.632. The Bertz CT molecular complexity index is 557. The summed E-state index contributed by atoms with van der Waals surface area (Å²) in [4.78, 5) is 15.0. The number of hydrogen-bond donors (Lipinski definition) is 0. The highest BCUT2D eigenvalue weighted by Gasteiger charge is 2.51. The van der Waals surface area contributed by atoms with Crippen LogP contribution in [0.1, 0.15) is 37.7 Å². The summed E-state index contributed by atoms with van der Waals surface area (Å²) in [5, 5.41) is 0. The first-order valence-corrected chi connectivity index (χ1v) is 9.39. The summed E-state index contributed by atoms with van der Waals surface area (Å²) in [5.41, 5.74) is 1.20. The molecule has 4 aliphatic rings. The molecule has 4 saturated carbocycles. The zero-order valence-electron chi connectivity index (χ0n) is 13.2. The van der Waals surface area contributed by atoms with Crippen molar-refractivity contribution in [2.24, 2.45) is 29.6 Å². The normalized spacial score (nSPS) is 35.6. The Hall–Kier alpha value is -0.830. The van der Waals surface area contributed by atoms with E-state index in [4.69, 9.17) is 0 Å². The molecular weight excluding hydrogens is 338 g/mol. The minimum absolute atomic E-state index is 0.306. The van der Waals surface area contributed by atoms with E-state index in [-0.39, 0.29) is 0 Å². The average Bonchev–Trinajstić information content (AvgIpc) is 2.48. The smallest absolute Gasteiger partial charge is 0.226 e. The maximum atomic E-state index is 13.1. The Labute approximate surface area is 141 Å². The van der Waals surface area contributed by atoms with Crippen molar-refractivity contribution in [3.63, 3.8) is 0 Å². The van der Waals surface area contributed by atoms with Gasteiger partial charge in [-0.2, -0.15) is 0 Å². The molecule has 3 heteroatoms. The van der Waals surface area contributed by atoms with Crippen LogP contribution in [-0.4, -0.2) is 17.9 Å². The Morgan fingerprint density at radius 1 is 1.09 bits per heavy atom. The highest BCUT2D eigenvalue weighted by atomic mass is 79.9.